The van der Waals surface area contributed by atoms with Crippen LogP contribution in [0.2, 0.25) is 5.02 Å². The fourth-order valence-corrected chi connectivity index (χ4v) is 3.00. The Hall–Kier alpha value is -3.39. The fourth-order valence-electron chi connectivity index (χ4n) is 2.88. The number of benzene rings is 2. The number of esters is 1. The van der Waals surface area contributed by atoms with E-state index in [9.17, 15) is 19.7 Å². The molecule has 1 atom stereocenters. The molecule has 1 heterocycles. The number of halogens is 1. The molecule has 1 aliphatic rings. The molecule has 0 aromatic heterocycles. The summed E-state index contributed by atoms with van der Waals surface area (Å²) in [4.78, 5) is 35.3. The van der Waals surface area contributed by atoms with Crippen LogP contribution in [-0.4, -0.2) is 23.5 Å². The SMILES string of the molecule is CCOC(=O)C1=C(c2ccc([N+](=O)[O-])cc2)NC(=O)N[C@@H]1c1ccc(Cl)cc1. The molecule has 0 bridgehead atoms. The number of nitro groups is 1. The lowest BCUT2D eigenvalue weighted by molar-refractivity contribution is -0.384. The van der Waals surface area contributed by atoms with E-state index in [2.05, 4.69) is 10.6 Å². The molecule has 2 N–H and O–H groups in total. The number of ether oxygens (including phenoxy) is 1. The van der Waals surface area contributed by atoms with Gasteiger partial charge in [-0.05, 0) is 42.3 Å². The van der Waals surface area contributed by atoms with E-state index in [1.54, 1.807) is 31.2 Å². The van der Waals surface area contributed by atoms with E-state index in [1.165, 1.54) is 24.3 Å². The average molecular weight is 402 g/mol. The van der Waals surface area contributed by atoms with Crippen LogP contribution in [0.15, 0.2) is 54.1 Å². The summed E-state index contributed by atoms with van der Waals surface area (Å²) < 4.78 is 5.18. The first-order valence-electron chi connectivity index (χ1n) is 8.39. The summed E-state index contributed by atoms with van der Waals surface area (Å²) in [5.74, 6) is -0.608. The van der Waals surface area contributed by atoms with Gasteiger partial charge in [-0.15, -0.1) is 0 Å². The molecule has 0 unspecified atom stereocenters. The molecule has 0 aliphatic carbocycles. The zero-order valence-electron chi connectivity index (χ0n) is 14.8. The summed E-state index contributed by atoms with van der Waals surface area (Å²) in [6.45, 7) is 1.83. The Morgan fingerprint density at radius 1 is 1.18 bits per heavy atom. The molecule has 0 spiro atoms. The van der Waals surface area contributed by atoms with Gasteiger partial charge >= 0.3 is 12.0 Å². The maximum atomic E-state index is 12.7. The van der Waals surface area contributed by atoms with Crippen molar-refractivity contribution in [3.63, 3.8) is 0 Å². The first kappa shape index (κ1) is 19.4. The molecule has 0 saturated heterocycles. The topological polar surface area (TPSA) is 111 Å². The lowest BCUT2D eigenvalue weighted by atomic mass is 9.92. The predicted molar refractivity (Wildman–Crippen MR) is 103 cm³/mol. The minimum Gasteiger partial charge on any atom is -0.463 e. The molecule has 8 nitrogen and oxygen atoms in total. The summed E-state index contributed by atoms with van der Waals surface area (Å²) in [6, 6.07) is 11.0. The minimum atomic E-state index is -0.768. The van der Waals surface area contributed by atoms with Gasteiger partial charge < -0.3 is 15.4 Å². The van der Waals surface area contributed by atoms with Gasteiger partial charge in [-0.25, -0.2) is 9.59 Å². The zero-order valence-corrected chi connectivity index (χ0v) is 15.5. The van der Waals surface area contributed by atoms with Crippen molar-refractivity contribution in [1.29, 1.82) is 0 Å². The van der Waals surface area contributed by atoms with Gasteiger partial charge in [0, 0.05) is 17.2 Å². The number of carbonyl (C=O) groups is 2. The van der Waals surface area contributed by atoms with Gasteiger partial charge in [0.1, 0.15) is 0 Å². The molecule has 1 aliphatic heterocycles. The van der Waals surface area contributed by atoms with Crippen molar-refractivity contribution in [3.8, 4) is 0 Å². The molecule has 0 fully saturated rings. The van der Waals surface area contributed by atoms with Crippen LogP contribution >= 0.6 is 11.6 Å². The predicted octanol–water partition coefficient (Wildman–Crippen LogP) is 3.58. The van der Waals surface area contributed by atoms with Gasteiger partial charge in [0.15, 0.2) is 0 Å². The maximum Gasteiger partial charge on any atom is 0.338 e. The van der Waals surface area contributed by atoms with E-state index >= 15 is 0 Å². The van der Waals surface area contributed by atoms with Crippen LogP contribution in [0.3, 0.4) is 0 Å². The largest absolute Gasteiger partial charge is 0.463 e. The highest BCUT2D eigenvalue weighted by Gasteiger charge is 2.34. The van der Waals surface area contributed by atoms with Crippen LogP contribution in [0.4, 0.5) is 10.5 Å². The van der Waals surface area contributed by atoms with Crippen molar-refractivity contribution < 1.29 is 19.2 Å². The van der Waals surface area contributed by atoms with E-state index in [0.29, 0.717) is 16.1 Å². The monoisotopic (exact) mass is 401 g/mol. The lowest BCUT2D eigenvalue weighted by Gasteiger charge is -2.29. The van der Waals surface area contributed by atoms with Gasteiger partial charge in [-0.2, -0.15) is 0 Å². The van der Waals surface area contributed by atoms with Crippen molar-refractivity contribution in [2.75, 3.05) is 6.61 Å². The van der Waals surface area contributed by atoms with Crippen LogP contribution in [-0.2, 0) is 9.53 Å². The highest BCUT2D eigenvalue weighted by molar-refractivity contribution is 6.30. The zero-order chi connectivity index (χ0) is 20.3. The van der Waals surface area contributed by atoms with Gasteiger partial charge in [0.2, 0.25) is 0 Å². The van der Waals surface area contributed by atoms with Crippen LogP contribution in [0.25, 0.3) is 5.70 Å². The second-order valence-corrected chi connectivity index (χ2v) is 6.33. The van der Waals surface area contributed by atoms with Crippen molar-refractivity contribution in [3.05, 3.63) is 80.4 Å². The van der Waals surface area contributed by atoms with Crippen LogP contribution in [0.1, 0.15) is 24.1 Å². The standard InChI is InChI=1S/C19H16ClN3O5/c1-2-28-18(24)15-16(11-3-7-13(20)8-4-11)21-19(25)22-17(15)12-5-9-14(10-6-12)23(26)27/h3-10,16H,2H2,1H3,(H2,21,22,25)/t16-/m1/s1. The van der Waals surface area contributed by atoms with E-state index < -0.39 is 23.0 Å². The number of hydrogen-bond donors (Lipinski definition) is 2. The molecule has 144 valence electrons. The molecule has 28 heavy (non-hydrogen) atoms. The van der Waals surface area contributed by atoms with Crippen molar-refractivity contribution >= 4 is 35.0 Å². The Morgan fingerprint density at radius 3 is 2.39 bits per heavy atom. The molecule has 0 radical (unpaired) electrons. The average Bonchev–Trinajstić information content (AvgIpc) is 2.68. The Bertz CT molecular complexity index is 955. The molecular formula is C19H16ClN3O5. The Morgan fingerprint density at radius 2 is 1.82 bits per heavy atom. The van der Waals surface area contributed by atoms with E-state index in [4.69, 9.17) is 16.3 Å². The number of urea groups is 1. The normalized spacial score (nSPS) is 16.2. The van der Waals surface area contributed by atoms with Crippen molar-refractivity contribution in [1.82, 2.24) is 10.6 Å². The second-order valence-electron chi connectivity index (χ2n) is 5.90. The number of hydrogen-bond acceptors (Lipinski definition) is 5. The summed E-state index contributed by atoms with van der Waals surface area (Å²) in [6.07, 6.45) is 0. The van der Waals surface area contributed by atoms with Crippen LogP contribution in [0, 0.1) is 10.1 Å². The summed E-state index contributed by atoms with van der Waals surface area (Å²) >= 11 is 5.93. The molecule has 2 aromatic carbocycles. The van der Waals surface area contributed by atoms with Gasteiger partial charge in [0.05, 0.1) is 28.8 Å². The van der Waals surface area contributed by atoms with Crippen molar-refractivity contribution in [2.45, 2.75) is 13.0 Å². The Balaban J connectivity index is 2.15. The number of nitro benzene ring substituents is 1. The molecular weight excluding hydrogens is 386 g/mol. The highest BCUT2D eigenvalue weighted by Crippen LogP contribution is 2.33. The minimum absolute atomic E-state index is 0.100. The number of rotatable bonds is 5. The van der Waals surface area contributed by atoms with Crippen LogP contribution < -0.4 is 10.6 Å². The molecule has 2 amide bonds. The number of amides is 2. The first-order chi connectivity index (χ1) is 13.4. The quantitative estimate of drug-likeness (QED) is 0.452. The first-order valence-corrected chi connectivity index (χ1v) is 8.77. The van der Waals surface area contributed by atoms with E-state index in [0.717, 1.165) is 0 Å². The molecule has 0 saturated carbocycles. The molecule has 9 heteroatoms. The Kier molecular flexibility index (Phi) is 5.60. The summed E-state index contributed by atoms with van der Waals surface area (Å²) in [5.41, 5.74) is 1.41. The number of nitrogens with one attached hydrogen (secondary N) is 2. The fraction of sp³-hybridized carbons (Fsp3) is 0.158. The number of carbonyl (C=O) groups excluding carboxylic acids is 2. The third-order valence-electron chi connectivity index (χ3n) is 4.14. The number of nitrogens with zero attached hydrogens (tertiary/aromatic N) is 1. The lowest BCUT2D eigenvalue weighted by Crippen LogP contribution is -2.45. The number of non-ortho nitro benzene ring substituents is 1. The van der Waals surface area contributed by atoms with Gasteiger partial charge in [-0.3, -0.25) is 10.1 Å². The van der Waals surface area contributed by atoms with Crippen molar-refractivity contribution in [2.24, 2.45) is 0 Å². The second kappa shape index (κ2) is 8.10. The Labute approximate surface area is 165 Å². The highest BCUT2D eigenvalue weighted by atomic mass is 35.5. The summed E-state index contributed by atoms with van der Waals surface area (Å²) in [7, 11) is 0. The summed E-state index contributed by atoms with van der Waals surface area (Å²) in [5, 5.41) is 16.7. The smallest absolute Gasteiger partial charge is 0.338 e. The third-order valence-corrected chi connectivity index (χ3v) is 4.39. The van der Waals surface area contributed by atoms with Gasteiger partial charge in [-0.1, -0.05) is 23.7 Å². The molecule has 2 aromatic rings. The maximum absolute atomic E-state index is 12.7. The van der Waals surface area contributed by atoms with Crippen LogP contribution in [0.5, 0.6) is 0 Å². The molecule has 3 rings (SSSR count). The third kappa shape index (κ3) is 3.96. The van der Waals surface area contributed by atoms with E-state index in [-0.39, 0.29) is 23.6 Å². The van der Waals surface area contributed by atoms with E-state index in [1.807, 2.05) is 0 Å². The van der Waals surface area contributed by atoms with Gasteiger partial charge in [0.25, 0.3) is 5.69 Å².